The summed E-state index contributed by atoms with van der Waals surface area (Å²) in [6.45, 7) is 0.637. The number of rotatable bonds is 5. The smallest absolute Gasteiger partial charge is 0.315 e. The van der Waals surface area contributed by atoms with Gasteiger partial charge in [0.25, 0.3) is 0 Å². The highest BCUT2D eigenvalue weighted by Crippen LogP contribution is 2.55. The van der Waals surface area contributed by atoms with Crippen LogP contribution in [0.3, 0.4) is 0 Å². The van der Waals surface area contributed by atoms with Gasteiger partial charge in [-0.15, -0.1) is 0 Å². The van der Waals surface area contributed by atoms with Gasteiger partial charge in [0.1, 0.15) is 5.75 Å². The number of hydrogen-bond acceptors (Lipinski definition) is 2. The largest absolute Gasteiger partial charge is 0.496 e. The van der Waals surface area contributed by atoms with Crippen LogP contribution in [0.5, 0.6) is 5.75 Å². The van der Waals surface area contributed by atoms with Gasteiger partial charge in [-0.25, -0.2) is 4.79 Å². The highest BCUT2D eigenvalue weighted by atomic mass is 16.5. The maximum atomic E-state index is 12.4. The van der Waals surface area contributed by atoms with E-state index in [2.05, 4.69) is 16.7 Å². The third-order valence-corrected chi connectivity index (χ3v) is 6.29. The molecule has 4 nitrogen and oxygen atoms in total. The van der Waals surface area contributed by atoms with Gasteiger partial charge in [-0.2, -0.15) is 0 Å². The molecule has 0 aromatic heterocycles. The van der Waals surface area contributed by atoms with Crippen LogP contribution >= 0.6 is 0 Å². The molecule has 4 heteroatoms. The van der Waals surface area contributed by atoms with Crippen LogP contribution in [0.2, 0.25) is 0 Å². The predicted molar refractivity (Wildman–Crippen MR) is 94.1 cm³/mol. The number of carbonyl (C=O) groups is 1. The third-order valence-electron chi connectivity index (χ3n) is 6.29. The molecule has 5 rings (SSSR count). The molecule has 4 aliphatic rings. The summed E-state index contributed by atoms with van der Waals surface area (Å²) in [4.78, 5) is 12.4. The molecule has 0 radical (unpaired) electrons. The van der Waals surface area contributed by atoms with Crippen molar-refractivity contribution in [3.05, 3.63) is 29.8 Å². The second kappa shape index (κ2) is 6.30. The monoisotopic (exact) mass is 328 g/mol. The number of ether oxygens (including phenoxy) is 1. The zero-order valence-electron chi connectivity index (χ0n) is 14.5. The standard InChI is InChI=1S/C20H28N2O2/c1-24-18-5-3-2-4-17(18)6-7-21-19(23)22-20-11-14-8-15(12-20)10-16(9-14)13-20/h2-5,14-16H,6-13H2,1H3,(H2,21,22,23). The van der Waals surface area contributed by atoms with E-state index in [1.807, 2.05) is 18.2 Å². The van der Waals surface area contributed by atoms with E-state index >= 15 is 0 Å². The Labute approximate surface area is 144 Å². The van der Waals surface area contributed by atoms with E-state index in [-0.39, 0.29) is 11.6 Å². The van der Waals surface area contributed by atoms with E-state index in [0.717, 1.165) is 35.5 Å². The van der Waals surface area contributed by atoms with Crippen LogP contribution in [-0.2, 0) is 6.42 Å². The summed E-state index contributed by atoms with van der Waals surface area (Å²) in [5.41, 5.74) is 1.22. The minimum Gasteiger partial charge on any atom is -0.496 e. The number of carbonyl (C=O) groups excluding carboxylic acids is 1. The molecule has 0 spiro atoms. The van der Waals surface area contributed by atoms with Crippen molar-refractivity contribution in [2.24, 2.45) is 17.8 Å². The molecule has 0 heterocycles. The predicted octanol–water partition coefficient (Wildman–Crippen LogP) is 3.51. The lowest BCUT2D eigenvalue weighted by atomic mass is 9.53. The molecule has 4 aliphatic carbocycles. The summed E-state index contributed by atoms with van der Waals surface area (Å²) < 4.78 is 5.37. The van der Waals surface area contributed by atoms with E-state index in [1.54, 1.807) is 7.11 Å². The molecular weight excluding hydrogens is 300 g/mol. The number of urea groups is 1. The van der Waals surface area contributed by atoms with Crippen LogP contribution in [0.25, 0.3) is 0 Å². The average Bonchev–Trinajstić information content (AvgIpc) is 2.53. The van der Waals surface area contributed by atoms with Crippen LogP contribution in [0.15, 0.2) is 24.3 Å². The van der Waals surface area contributed by atoms with Crippen molar-refractivity contribution in [3.8, 4) is 5.75 Å². The van der Waals surface area contributed by atoms with Crippen molar-refractivity contribution in [2.45, 2.75) is 50.5 Å². The lowest BCUT2D eigenvalue weighted by molar-refractivity contribution is -0.0135. The molecule has 4 bridgehead atoms. The van der Waals surface area contributed by atoms with Gasteiger partial charge < -0.3 is 15.4 Å². The van der Waals surface area contributed by atoms with Gasteiger partial charge >= 0.3 is 6.03 Å². The number of benzene rings is 1. The van der Waals surface area contributed by atoms with E-state index in [1.165, 1.54) is 38.5 Å². The second-order valence-electron chi connectivity index (χ2n) is 8.14. The fourth-order valence-electron chi connectivity index (χ4n) is 5.77. The Morgan fingerprint density at radius 2 is 1.75 bits per heavy atom. The molecular formula is C20H28N2O2. The first-order valence-corrected chi connectivity index (χ1v) is 9.34. The fourth-order valence-corrected chi connectivity index (χ4v) is 5.77. The quantitative estimate of drug-likeness (QED) is 0.869. The molecule has 2 amide bonds. The highest BCUT2D eigenvalue weighted by Gasteiger charge is 2.51. The first-order valence-electron chi connectivity index (χ1n) is 9.34. The lowest BCUT2D eigenvalue weighted by Gasteiger charge is -2.56. The molecule has 1 aromatic carbocycles. The number of amides is 2. The molecule has 0 aliphatic heterocycles. The van der Waals surface area contributed by atoms with E-state index in [4.69, 9.17) is 4.74 Å². The second-order valence-corrected chi connectivity index (χ2v) is 8.14. The van der Waals surface area contributed by atoms with Gasteiger partial charge in [0.05, 0.1) is 7.11 Å². The summed E-state index contributed by atoms with van der Waals surface area (Å²) in [6.07, 6.45) is 8.57. The summed E-state index contributed by atoms with van der Waals surface area (Å²) in [6, 6.07) is 8.00. The maximum absolute atomic E-state index is 12.4. The van der Waals surface area contributed by atoms with E-state index in [9.17, 15) is 4.79 Å². The van der Waals surface area contributed by atoms with Crippen LogP contribution in [-0.4, -0.2) is 25.2 Å². The van der Waals surface area contributed by atoms with Crippen LogP contribution < -0.4 is 15.4 Å². The maximum Gasteiger partial charge on any atom is 0.315 e. The first-order chi connectivity index (χ1) is 11.7. The molecule has 24 heavy (non-hydrogen) atoms. The van der Waals surface area contributed by atoms with Gasteiger partial charge in [0, 0.05) is 12.1 Å². The van der Waals surface area contributed by atoms with Crippen molar-refractivity contribution < 1.29 is 9.53 Å². The number of nitrogens with one attached hydrogen (secondary N) is 2. The number of para-hydroxylation sites is 1. The molecule has 0 atom stereocenters. The Bertz CT molecular complexity index is 578. The van der Waals surface area contributed by atoms with Crippen molar-refractivity contribution >= 4 is 6.03 Å². The SMILES string of the molecule is COc1ccccc1CCNC(=O)NC12CC3CC(CC(C3)C1)C2. The molecule has 1 aromatic rings. The molecule has 0 unspecified atom stereocenters. The molecule has 130 valence electrons. The Morgan fingerprint density at radius 3 is 2.38 bits per heavy atom. The lowest BCUT2D eigenvalue weighted by Crippen LogP contribution is -2.61. The minimum absolute atomic E-state index is 0.00634. The van der Waals surface area contributed by atoms with Crippen molar-refractivity contribution in [1.29, 1.82) is 0 Å². The molecule has 0 saturated heterocycles. The van der Waals surface area contributed by atoms with Crippen molar-refractivity contribution in [2.75, 3.05) is 13.7 Å². The third kappa shape index (κ3) is 3.11. The number of hydrogen-bond donors (Lipinski definition) is 2. The van der Waals surface area contributed by atoms with Crippen LogP contribution in [0, 0.1) is 17.8 Å². The first kappa shape index (κ1) is 15.8. The summed E-state index contributed by atoms with van der Waals surface area (Å²) in [5.74, 6) is 3.45. The highest BCUT2D eigenvalue weighted by molar-refractivity contribution is 5.75. The van der Waals surface area contributed by atoms with Gasteiger partial charge in [0.2, 0.25) is 0 Å². The molecule has 4 saturated carbocycles. The Kier molecular flexibility index (Phi) is 4.15. The van der Waals surface area contributed by atoms with Gasteiger partial charge in [0.15, 0.2) is 0 Å². The van der Waals surface area contributed by atoms with Gasteiger partial charge in [-0.3, -0.25) is 0 Å². The molecule has 2 N–H and O–H groups in total. The van der Waals surface area contributed by atoms with Crippen molar-refractivity contribution in [3.63, 3.8) is 0 Å². The zero-order chi connectivity index (χ0) is 16.6. The Balaban J connectivity index is 1.30. The van der Waals surface area contributed by atoms with Gasteiger partial charge in [-0.05, 0) is 74.3 Å². The zero-order valence-corrected chi connectivity index (χ0v) is 14.5. The fraction of sp³-hybridized carbons (Fsp3) is 0.650. The summed E-state index contributed by atoms with van der Waals surface area (Å²) >= 11 is 0. The number of methoxy groups -OCH3 is 1. The Morgan fingerprint density at radius 1 is 1.12 bits per heavy atom. The summed E-state index contributed by atoms with van der Waals surface area (Å²) in [5, 5.41) is 6.41. The van der Waals surface area contributed by atoms with E-state index < -0.39 is 0 Å². The van der Waals surface area contributed by atoms with Crippen molar-refractivity contribution in [1.82, 2.24) is 10.6 Å². The topological polar surface area (TPSA) is 50.4 Å². The summed E-state index contributed by atoms with van der Waals surface area (Å²) in [7, 11) is 1.69. The van der Waals surface area contributed by atoms with Crippen LogP contribution in [0.1, 0.15) is 44.1 Å². The normalized spacial score (nSPS) is 33.3. The van der Waals surface area contributed by atoms with E-state index in [0.29, 0.717) is 6.54 Å². The van der Waals surface area contributed by atoms with Crippen LogP contribution in [0.4, 0.5) is 4.79 Å². The minimum atomic E-state index is 0.00634. The van der Waals surface area contributed by atoms with Gasteiger partial charge in [-0.1, -0.05) is 18.2 Å². The average molecular weight is 328 g/mol. The molecule has 4 fully saturated rings. The Hall–Kier alpha value is -1.71.